The number of nitrogens with zero attached hydrogens (tertiary/aromatic N) is 1. The van der Waals surface area contributed by atoms with E-state index in [-0.39, 0.29) is 18.1 Å². The van der Waals surface area contributed by atoms with E-state index in [1.807, 2.05) is 4.90 Å². The van der Waals surface area contributed by atoms with E-state index in [0.717, 1.165) is 0 Å². The van der Waals surface area contributed by atoms with Crippen LogP contribution in [0.4, 0.5) is 10.1 Å². The van der Waals surface area contributed by atoms with Crippen molar-refractivity contribution in [3.63, 3.8) is 0 Å². The number of benzene rings is 1. The predicted molar refractivity (Wildman–Crippen MR) is 66.8 cm³/mol. The van der Waals surface area contributed by atoms with Crippen molar-refractivity contribution in [2.45, 2.75) is 26.0 Å². The molecule has 2 N–H and O–H groups in total. The summed E-state index contributed by atoms with van der Waals surface area (Å²) in [7, 11) is 0. The average molecular weight is 252 g/mol. The fraction of sp³-hybridized carbons (Fsp3) is 0.462. The van der Waals surface area contributed by atoms with Gasteiger partial charge in [0.25, 0.3) is 0 Å². The Morgan fingerprint density at radius 3 is 2.89 bits per heavy atom. The highest BCUT2D eigenvalue weighted by Gasteiger charge is 2.38. The number of hydrogen-bond acceptors (Lipinski definition) is 3. The lowest BCUT2D eigenvalue weighted by Crippen LogP contribution is -2.62. The number of piperazine rings is 1. The molecular weight excluding hydrogens is 235 g/mol. The Morgan fingerprint density at radius 1 is 1.50 bits per heavy atom. The van der Waals surface area contributed by atoms with Crippen LogP contribution in [0.3, 0.4) is 0 Å². The Bertz CT molecular complexity index is 474. The monoisotopic (exact) mass is 252 g/mol. The van der Waals surface area contributed by atoms with Crippen LogP contribution in [0.15, 0.2) is 18.2 Å². The molecule has 0 saturated carbocycles. The molecule has 1 amide bonds. The van der Waals surface area contributed by atoms with Gasteiger partial charge in [0.15, 0.2) is 0 Å². The first-order valence-corrected chi connectivity index (χ1v) is 5.92. The number of carbonyl (C=O) groups is 1. The van der Waals surface area contributed by atoms with Crippen LogP contribution in [0.1, 0.15) is 19.4 Å². The van der Waals surface area contributed by atoms with Gasteiger partial charge in [-0.3, -0.25) is 4.79 Å². The van der Waals surface area contributed by atoms with Gasteiger partial charge in [-0.1, -0.05) is 6.07 Å². The number of halogens is 1. The minimum Gasteiger partial charge on any atom is -0.391 e. The summed E-state index contributed by atoms with van der Waals surface area (Å²) < 4.78 is 13.7. The highest BCUT2D eigenvalue weighted by molar-refractivity contribution is 5.90. The van der Waals surface area contributed by atoms with E-state index in [1.165, 1.54) is 6.07 Å². The van der Waals surface area contributed by atoms with Gasteiger partial charge in [0.1, 0.15) is 11.4 Å². The molecule has 0 unspecified atom stereocenters. The molecule has 0 atom stereocenters. The zero-order valence-corrected chi connectivity index (χ0v) is 10.5. The molecular formula is C13H17FN2O2. The van der Waals surface area contributed by atoms with Crippen LogP contribution in [0.2, 0.25) is 0 Å². The van der Waals surface area contributed by atoms with Crippen molar-refractivity contribution in [1.29, 1.82) is 0 Å². The van der Waals surface area contributed by atoms with Crippen LogP contribution in [0.25, 0.3) is 0 Å². The van der Waals surface area contributed by atoms with Crippen molar-refractivity contribution in [3.05, 3.63) is 29.6 Å². The fourth-order valence-corrected chi connectivity index (χ4v) is 2.28. The number of carbonyl (C=O) groups excluding carboxylic acids is 1. The van der Waals surface area contributed by atoms with Gasteiger partial charge in [0, 0.05) is 24.3 Å². The van der Waals surface area contributed by atoms with Crippen molar-refractivity contribution < 1.29 is 14.3 Å². The van der Waals surface area contributed by atoms with Crippen molar-refractivity contribution in [2.24, 2.45) is 0 Å². The molecule has 18 heavy (non-hydrogen) atoms. The van der Waals surface area contributed by atoms with Gasteiger partial charge in [-0.2, -0.15) is 0 Å². The molecule has 0 bridgehead atoms. The van der Waals surface area contributed by atoms with E-state index in [4.69, 9.17) is 0 Å². The van der Waals surface area contributed by atoms with Crippen LogP contribution >= 0.6 is 0 Å². The second-order valence-electron chi connectivity index (χ2n) is 4.86. The van der Waals surface area contributed by atoms with E-state index in [1.54, 1.807) is 26.0 Å². The van der Waals surface area contributed by atoms with Crippen LogP contribution < -0.4 is 10.2 Å². The molecule has 1 saturated heterocycles. The van der Waals surface area contributed by atoms with E-state index in [2.05, 4.69) is 5.32 Å². The highest BCUT2D eigenvalue weighted by Crippen LogP contribution is 2.30. The Labute approximate surface area is 105 Å². The molecule has 1 aromatic rings. The Balaban J connectivity index is 2.48. The summed E-state index contributed by atoms with van der Waals surface area (Å²) in [4.78, 5) is 13.7. The van der Waals surface area contributed by atoms with Crippen molar-refractivity contribution >= 4 is 11.6 Å². The SMILES string of the molecule is CC1(C)C(=O)NCCN1c1cccc(F)c1CO. The summed E-state index contributed by atoms with van der Waals surface area (Å²) >= 11 is 0. The van der Waals surface area contributed by atoms with Gasteiger partial charge in [-0.15, -0.1) is 0 Å². The smallest absolute Gasteiger partial charge is 0.245 e. The lowest BCUT2D eigenvalue weighted by Gasteiger charge is -2.43. The third-order valence-corrected chi connectivity index (χ3v) is 3.39. The Hall–Kier alpha value is -1.62. The first-order valence-electron chi connectivity index (χ1n) is 5.92. The standard InChI is InChI=1S/C13H17FN2O2/c1-13(2)12(18)15-6-7-16(13)11-5-3-4-10(14)9(11)8-17/h3-5,17H,6-8H2,1-2H3,(H,15,18). The molecule has 5 heteroatoms. The topological polar surface area (TPSA) is 52.6 Å². The van der Waals surface area contributed by atoms with Crippen molar-refractivity contribution in [2.75, 3.05) is 18.0 Å². The lowest BCUT2D eigenvalue weighted by atomic mass is 9.96. The number of nitrogens with one attached hydrogen (secondary N) is 1. The molecule has 0 spiro atoms. The molecule has 0 aliphatic carbocycles. The van der Waals surface area contributed by atoms with Gasteiger partial charge in [-0.25, -0.2) is 4.39 Å². The quantitative estimate of drug-likeness (QED) is 0.826. The molecule has 1 aliphatic rings. The zero-order chi connectivity index (χ0) is 13.3. The normalized spacial score (nSPS) is 18.7. The molecule has 0 aromatic heterocycles. The summed E-state index contributed by atoms with van der Waals surface area (Å²) in [6.45, 7) is 4.30. The number of aliphatic hydroxyl groups excluding tert-OH is 1. The van der Waals surface area contributed by atoms with E-state index >= 15 is 0 Å². The van der Waals surface area contributed by atoms with Gasteiger partial charge in [0.2, 0.25) is 5.91 Å². The largest absolute Gasteiger partial charge is 0.391 e. The van der Waals surface area contributed by atoms with Crippen LogP contribution in [-0.2, 0) is 11.4 Å². The van der Waals surface area contributed by atoms with Crippen LogP contribution in [-0.4, -0.2) is 29.6 Å². The summed E-state index contributed by atoms with van der Waals surface area (Å²) in [5.74, 6) is -0.543. The molecule has 1 fully saturated rings. The zero-order valence-electron chi connectivity index (χ0n) is 10.5. The molecule has 4 nitrogen and oxygen atoms in total. The molecule has 1 heterocycles. The van der Waals surface area contributed by atoms with Crippen LogP contribution in [0.5, 0.6) is 0 Å². The minimum absolute atomic E-state index is 0.0955. The van der Waals surface area contributed by atoms with Gasteiger partial charge < -0.3 is 15.3 Å². The second-order valence-corrected chi connectivity index (χ2v) is 4.86. The maximum atomic E-state index is 13.7. The first-order chi connectivity index (χ1) is 8.48. The number of hydrogen-bond donors (Lipinski definition) is 2. The van der Waals surface area contributed by atoms with Crippen molar-refractivity contribution in [1.82, 2.24) is 5.32 Å². The first kappa shape index (κ1) is 12.8. The fourth-order valence-electron chi connectivity index (χ4n) is 2.28. The number of rotatable bonds is 2. The van der Waals surface area contributed by atoms with E-state index < -0.39 is 11.4 Å². The summed E-state index contributed by atoms with van der Waals surface area (Å²) in [6, 6.07) is 4.63. The third kappa shape index (κ3) is 1.95. The van der Waals surface area contributed by atoms with Crippen molar-refractivity contribution in [3.8, 4) is 0 Å². The molecule has 1 aliphatic heterocycles. The van der Waals surface area contributed by atoms with Crippen LogP contribution in [0, 0.1) is 5.82 Å². The number of anilines is 1. The van der Waals surface area contributed by atoms with E-state index in [9.17, 15) is 14.3 Å². The Morgan fingerprint density at radius 2 is 2.22 bits per heavy atom. The third-order valence-electron chi connectivity index (χ3n) is 3.39. The predicted octanol–water partition coefficient (Wildman–Crippen LogP) is 1.03. The lowest BCUT2D eigenvalue weighted by molar-refractivity contribution is -0.126. The van der Waals surface area contributed by atoms with E-state index in [0.29, 0.717) is 18.8 Å². The minimum atomic E-state index is -0.754. The second kappa shape index (κ2) is 4.57. The average Bonchev–Trinajstić information content (AvgIpc) is 2.32. The maximum Gasteiger partial charge on any atom is 0.245 e. The van der Waals surface area contributed by atoms with Gasteiger partial charge in [-0.05, 0) is 26.0 Å². The molecule has 1 aromatic carbocycles. The van der Waals surface area contributed by atoms with Gasteiger partial charge in [0.05, 0.1) is 6.61 Å². The summed E-state index contributed by atoms with van der Waals surface area (Å²) in [6.07, 6.45) is 0. The molecule has 98 valence electrons. The summed E-state index contributed by atoms with van der Waals surface area (Å²) in [5, 5.41) is 12.1. The highest BCUT2D eigenvalue weighted by atomic mass is 19.1. The number of amides is 1. The number of aliphatic hydroxyl groups is 1. The Kier molecular flexibility index (Phi) is 3.26. The molecule has 0 radical (unpaired) electrons. The maximum absolute atomic E-state index is 13.7. The van der Waals surface area contributed by atoms with Gasteiger partial charge >= 0.3 is 0 Å². The molecule has 2 rings (SSSR count). The summed E-state index contributed by atoms with van der Waals surface area (Å²) in [5.41, 5.74) is 0.0632.